The minimum atomic E-state index is -0.284. The fraction of sp³-hybridized carbons (Fsp3) is 0.333. The first-order valence-corrected chi connectivity index (χ1v) is 9.54. The Labute approximate surface area is 157 Å². The summed E-state index contributed by atoms with van der Waals surface area (Å²) >= 11 is 1.52. The van der Waals surface area contributed by atoms with E-state index in [0.29, 0.717) is 16.5 Å². The first-order valence-electron chi connectivity index (χ1n) is 8.72. The third-order valence-electron chi connectivity index (χ3n) is 4.55. The highest BCUT2D eigenvalue weighted by Crippen LogP contribution is 2.21. The predicted molar refractivity (Wildman–Crippen MR) is 107 cm³/mol. The Morgan fingerprint density at radius 3 is 2.46 bits per heavy atom. The van der Waals surface area contributed by atoms with Gasteiger partial charge in [-0.3, -0.25) is 4.79 Å². The van der Waals surface area contributed by atoms with Crippen LogP contribution in [0.2, 0.25) is 0 Å². The lowest BCUT2D eigenvalue weighted by Crippen LogP contribution is -2.17. The summed E-state index contributed by atoms with van der Waals surface area (Å²) in [5, 5.41) is 0. The quantitative estimate of drug-likeness (QED) is 0.681. The highest BCUT2D eigenvalue weighted by atomic mass is 32.1. The van der Waals surface area contributed by atoms with Crippen molar-refractivity contribution in [2.45, 2.75) is 33.6 Å². The Bertz CT molecular complexity index is 1010. The van der Waals surface area contributed by atoms with Gasteiger partial charge in [0.1, 0.15) is 5.75 Å². The van der Waals surface area contributed by atoms with Gasteiger partial charge in [-0.15, -0.1) is 0 Å². The van der Waals surface area contributed by atoms with Crippen molar-refractivity contribution in [1.82, 2.24) is 4.57 Å². The highest BCUT2D eigenvalue weighted by Gasteiger charge is 2.08. The molecule has 3 rings (SSSR count). The lowest BCUT2D eigenvalue weighted by Gasteiger charge is -2.07. The average Bonchev–Trinajstić information content (AvgIpc) is 2.89. The zero-order chi connectivity index (χ0) is 18.8. The van der Waals surface area contributed by atoms with Gasteiger partial charge < -0.3 is 9.30 Å². The molecule has 1 aromatic heterocycles. The van der Waals surface area contributed by atoms with Crippen molar-refractivity contribution < 1.29 is 9.53 Å². The Balaban J connectivity index is 1.76. The van der Waals surface area contributed by atoms with Crippen molar-refractivity contribution in [1.29, 1.82) is 0 Å². The molecule has 0 saturated heterocycles. The molecule has 0 aliphatic heterocycles. The topological polar surface area (TPSA) is 43.6 Å². The van der Waals surface area contributed by atoms with Crippen LogP contribution >= 0.6 is 11.3 Å². The highest BCUT2D eigenvalue weighted by molar-refractivity contribution is 7.16. The normalized spacial score (nSPS) is 12.2. The molecule has 5 heteroatoms. The van der Waals surface area contributed by atoms with Crippen molar-refractivity contribution in [3.63, 3.8) is 0 Å². The number of ether oxygens (including phenoxy) is 1. The molecule has 26 heavy (non-hydrogen) atoms. The standard InChI is InChI=1S/C21H24N2O2S/c1-13(2)16-6-8-17(9-7-16)25-12-20(24)22-21-23(5)18-10-14(3)15(4)11-19(18)26-21/h6-11,13H,12H2,1-5H3. The summed E-state index contributed by atoms with van der Waals surface area (Å²) in [7, 11) is 1.94. The van der Waals surface area contributed by atoms with Crippen LogP contribution in [0.3, 0.4) is 0 Å². The van der Waals surface area contributed by atoms with Gasteiger partial charge in [-0.25, -0.2) is 0 Å². The number of carbonyl (C=O) groups is 1. The number of nitrogens with zero attached hydrogens (tertiary/aromatic N) is 2. The van der Waals surface area contributed by atoms with Gasteiger partial charge in [-0.1, -0.05) is 37.3 Å². The molecule has 0 atom stereocenters. The van der Waals surface area contributed by atoms with Gasteiger partial charge >= 0.3 is 0 Å². The monoisotopic (exact) mass is 368 g/mol. The molecule has 0 spiro atoms. The van der Waals surface area contributed by atoms with Gasteiger partial charge in [-0.2, -0.15) is 4.99 Å². The summed E-state index contributed by atoms with van der Waals surface area (Å²) < 4.78 is 8.67. The smallest absolute Gasteiger partial charge is 0.286 e. The van der Waals surface area contributed by atoms with Crippen molar-refractivity contribution in [3.8, 4) is 5.75 Å². The van der Waals surface area contributed by atoms with E-state index in [1.807, 2.05) is 35.9 Å². The van der Waals surface area contributed by atoms with Crippen LogP contribution in [-0.2, 0) is 11.8 Å². The third kappa shape index (κ3) is 3.88. The SMILES string of the molecule is Cc1cc2sc(=NC(=O)COc3ccc(C(C)C)cc3)n(C)c2cc1C. The van der Waals surface area contributed by atoms with Crippen molar-refractivity contribution in [2.75, 3.05) is 6.61 Å². The Hall–Kier alpha value is -2.40. The average molecular weight is 369 g/mol. The largest absolute Gasteiger partial charge is 0.484 e. The number of aromatic nitrogens is 1. The van der Waals surface area contributed by atoms with Gasteiger partial charge in [0.05, 0.1) is 10.2 Å². The van der Waals surface area contributed by atoms with Crippen LogP contribution in [-0.4, -0.2) is 17.1 Å². The van der Waals surface area contributed by atoms with Crippen LogP contribution in [0, 0.1) is 13.8 Å². The maximum absolute atomic E-state index is 12.2. The van der Waals surface area contributed by atoms with E-state index in [1.165, 1.54) is 28.0 Å². The maximum atomic E-state index is 12.2. The molecule has 0 aliphatic carbocycles. The summed E-state index contributed by atoms with van der Waals surface area (Å²) in [5.74, 6) is 0.874. The number of hydrogen-bond donors (Lipinski definition) is 0. The second kappa shape index (κ2) is 7.46. The van der Waals surface area contributed by atoms with E-state index in [4.69, 9.17) is 4.74 Å². The molecule has 1 amide bonds. The molecule has 0 bridgehead atoms. The van der Waals surface area contributed by atoms with Crippen LogP contribution in [0.15, 0.2) is 41.4 Å². The lowest BCUT2D eigenvalue weighted by molar-refractivity contribution is -0.120. The summed E-state index contributed by atoms with van der Waals surface area (Å²) in [6.07, 6.45) is 0. The number of thiazole rings is 1. The number of rotatable bonds is 4. The minimum Gasteiger partial charge on any atom is -0.484 e. The second-order valence-corrected chi connectivity index (χ2v) is 7.87. The second-order valence-electron chi connectivity index (χ2n) is 6.87. The van der Waals surface area contributed by atoms with E-state index in [0.717, 1.165) is 10.2 Å². The van der Waals surface area contributed by atoms with Gasteiger partial charge in [0.2, 0.25) is 0 Å². The number of benzene rings is 2. The van der Waals surface area contributed by atoms with Crippen LogP contribution in [0.5, 0.6) is 5.75 Å². The van der Waals surface area contributed by atoms with Crippen LogP contribution in [0.1, 0.15) is 36.5 Å². The predicted octanol–water partition coefficient (Wildman–Crippen LogP) is 4.49. The number of amides is 1. The fourth-order valence-electron chi connectivity index (χ4n) is 2.72. The molecular weight excluding hydrogens is 344 g/mol. The molecule has 0 saturated carbocycles. The molecule has 1 heterocycles. The van der Waals surface area contributed by atoms with E-state index in [1.54, 1.807) is 0 Å². The summed E-state index contributed by atoms with van der Waals surface area (Å²) in [6.45, 7) is 8.41. The van der Waals surface area contributed by atoms with Gasteiger partial charge in [0.25, 0.3) is 5.91 Å². The van der Waals surface area contributed by atoms with Crippen LogP contribution in [0.4, 0.5) is 0 Å². The fourth-order valence-corrected chi connectivity index (χ4v) is 3.83. The van der Waals surface area contributed by atoms with Gasteiger partial charge in [-0.05, 0) is 60.7 Å². The van der Waals surface area contributed by atoms with E-state index in [9.17, 15) is 4.79 Å². The van der Waals surface area contributed by atoms with Crippen molar-refractivity contribution in [2.24, 2.45) is 12.0 Å². The van der Waals surface area contributed by atoms with Crippen molar-refractivity contribution >= 4 is 27.5 Å². The van der Waals surface area contributed by atoms with E-state index >= 15 is 0 Å². The van der Waals surface area contributed by atoms with E-state index in [2.05, 4.69) is 44.8 Å². The van der Waals surface area contributed by atoms with Gasteiger partial charge in [0, 0.05) is 7.05 Å². The Kier molecular flexibility index (Phi) is 5.28. The Morgan fingerprint density at radius 1 is 1.15 bits per heavy atom. The number of fused-ring (bicyclic) bond motifs is 1. The van der Waals surface area contributed by atoms with E-state index < -0.39 is 0 Å². The minimum absolute atomic E-state index is 0.0622. The Morgan fingerprint density at radius 2 is 1.81 bits per heavy atom. The third-order valence-corrected chi connectivity index (χ3v) is 5.65. The molecule has 2 aromatic carbocycles. The molecule has 0 N–H and O–H groups in total. The zero-order valence-electron chi connectivity index (χ0n) is 15.9. The summed E-state index contributed by atoms with van der Waals surface area (Å²) in [4.78, 5) is 17.1. The van der Waals surface area contributed by atoms with Crippen LogP contribution < -0.4 is 9.54 Å². The first-order chi connectivity index (χ1) is 12.3. The molecule has 0 unspecified atom stereocenters. The number of carbonyl (C=O) groups excluding carboxylic acids is 1. The molecule has 3 aromatic rings. The first kappa shape index (κ1) is 18.4. The maximum Gasteiger partial charge on any atom is 0.286 e. The van der Waals surface area contributed by atoms with E-state index in [-0.39, 0.29) is 12.5 Å². The molecular formula is C21H24N2O2S. The molecule has 0 fully saturated rings. The summed E-state index contributed by atoms with van der Waals surface area (Å²) in [5.41, 5.74) is 4.81. The zero-order valence-corrected chi connectivity index (χ0v) is 16.7. The van der Waals surface area contributed by atoms with Gasteiger partial charge in [0.15, 0.2) is 11.4 Å². The number of hydrogen-bond acceptors (Lipinski definition) is 3. The molecule has 136 valence electrons. The molecule has 0 aliphatic rings. The lowest BCUT2D eigenvalue weighted by atomic mass is 10.0. The van der Waals surface area contributed by atoms with Crippen molar-refractivity contribution in [3.05, 3.63) is 57.9 Å². The molecule has 0 radical (unpaired) electrons. The number of aryl methyl sites for hydroxylation is 3. The molecule has 4 nitrogen and oxygen atoms in total. The van der Waals surface area contributed by atoms with Crippen LogP contribution in [0.25, 0.3) is 10.2 Å². The summed E-state index contributed by atoms with van der Waals surface area (Å²) in [6, 6.07) is 12.1.